The van der Waals surface area contributed by atoms with Crippen molar-refractivity contribution in [1.82, 2.24) is 20.9 Å². The predicted octanol–water partition coefficient (Wildman–Crippen LogP) is 3.84. The molecule has 2 aliphatic rings. The van der Waals surface area contributed by atoms with Crippen LogP contribution in [0.1, 0.15) is 63.9 Å². The Morgan fingerprint density at radius 3 is 2.00 bits per heavy atom. The first-order chi connectivity index (χ1) is 18.8. The number of piperidine rings is 1. The molecule has 2 heterocycles. The molecule has 9 nitrogen and oxygen atoms in total. The SMILES string of the molecule is COC(=O)C1=C(C)NC(C)=C(C(=O)OC)C1CCCCNC(=O)NCCCN1CCC(c2ccccc2)CC1. The molecule has 2 amide bonds. The maximum Gasteiger partial charge on any atom is 0.336 e. The van der Waals surface area contributed by atoms with Crippen LogP contribution in [0.25, 0.3) is 0 Å². The van der Waals surface area contributed by atoms with Crippen LogP contribution in [0.15, 0.2) is 52.9 Å². The number of hydrogen-bond donors (Lipinski definition) is 3. The number of benzene rings is 1. The molecule has 9 heteroatoms. The average Bonchev–Trinajstić information content (AvgIpc) is 2.95. The number of dihydropyridines is 1. The molecule has 1 aromatic rings. The van der Waals surface area contributed by atoms with Crippen LogP contribution in [0.4, 0.5) is 4.79 Å². The van der Waals surface area contributed by atoms with E-state index in [1.165, 1.54) is 32.6 Å². The Morgan fingerprint density at radius 2 is 1.44 bits per heavy atom. The number of carbonyl (C=O) groups excluding carboxylic acids is 3. The van der Waals surface area contributed by atoms with Crippen molar-refractivity contribution in [2.45, 2.75) is 58.3 Å². The van der Waals surface area contributed by atoms with Crippen LogP contribution in [0.5, 0.6) is 0 Å². The minimum atomic E-state index is -0.461. The Hall–Kier alpha value is -3.33. The number of rotatable bonds is 12. The van der Waals surface area contributed by atoms with Gasteiger partial charge < -0.3 is 30.3 Å². The fourth-order valence-corrected chi connectivity index (χ4v) is 5.64. The molecule has 2 aliphatic heterocycles. The van der Waals surface area contributed by atoms with Crippen molar-refractivity contribution in [2.75, 3.05) is 46.9 Å². The largest absolute Gasteiger partial charge is 0.466 e. The van der Waals surface area contributed by atoms with Crippen LogP contribution >= 0.6 is 0 Å². The fourth-order valence-electron chi connectivity index (χ4n) is 5.64. The van der Waals surface area contributed by atoms with Crippen molar-refractivity contribution < 1.29 is 23.9 Å². The maximum atomic E-state index is 12.5. The molecular formula is C30H44N4O5. The average molecular weight is 541 g/mol. The molecule has 0 atom stereocenters. The van der Waals surface area contributed by atoms with Crippen molar-refractivity contribution in [3.8, 4) is 0 Å². The lowest BCUT2D eigenvalue weighted by atomic mass is 9.82. The van der Waals surface area contributed by atoms with Gasteiger partial charge in [-0.2, -0.15) is 0 Å². The Bertz CT molecular complexity index is 1010. The molecule has 1 aromatic carbocycles. The Kier molecular flexibility index (Phi) is 11.9. The second kappa shape index (κ2) is 15.3. The van der Waals surface area contributed by atoms with E-state index in [-0.39, 0.29) is 6.03 Å². The van der Waals surface area contributed by atoms with E-state index in [4.69, 9.17) is 9.47 Å². The Labute approximate surface area is 232 Å². The molecule has 39 heavy (non-hydrogen) atoms. The van der Waals surface area contributed by atoms with E-state index < -0.39 is 17.9 Å². The summed E-state index contributed by atoms with van der Waals surface area (Å²) in [6.07, 6.45) is 5.28. The van der Waals surface area contributed by atoms with Gasteiger partial charge in [-0.05, 0) is 77.1 Å². The quantitative estimate of drug-likeness (QED) is 0.273. The van der Waals surface area contributed by atoms with Gasteiger partial charge in [0.05, 0.1) is 25.4 Å². The van der Waals surface area contributed by atoms with Crippen molar-refractivity contribution >= 4 is 18.0 Å². The number of allylic oxidation sites excluding steroid dienone is 2. The monoisotopic (exact) mass is 540 g/mol. The number of urea groups is 1. The predicted molar refractivity (Wildman–Crippen MR) is 151 cm³/mol. The highest BCUT2D eigenvalue weighted by Gasteiger charge is 2.35. The third kappa shape index (κ3) is 8.58. The fraction of sp³-hybridized carbons (Fsp3) is 0.567. The summed E-state index contributed by atoms with van der Waals surface area (Å²) in [5.41, 5.74) is 3.68. The molecule has 3 rings (SSSR count). The van der Waals surface area contributed by atoms with E-state index >= 15 is 0 Å². The Morgan fingerprint density at radius 1 is 0.872 bits per heavy atom. The van der Waals surface area contributed by atoms with Crippen LogP contribution in [-0.4, -0.2) is 69.8 Å². The van der Waals surface area contributed by atoms with Crippen molar-refractivity contribution in [3.05, 3.63) is 58.4 Å². The second-order valence-corrected chi connectivity index (χ2v) is 10.3. The van der Waals surface area contributed by atoms with E-state index in [1.807, 2.05) is 0 Å². The van der Waals surface area contributed by atoms with Crippen molar-refractivity contribution in [1.29, 1.82) is 0 Å². The molecule has 0 spiro atoms. The molecule has 0 radical (unpaired) electrons. The Balaban J connectivity index is 1.33. The minimum absolute atomic E-state index is 0.170. The summed E-state index contributed by atoms with van der Waals surface area (Å²) in [5.74, 6) is -0.688. The number of likely N-dealkylation sites (tertiary alicyclic amines) is 1. The minimum Gasteiger partial charge on any atom is -0.466 e. The molecular weight excluding hydrogens is 496 g/mol. The first-order valence-corrected chi connectivity index (χ1v) is 14.0. The van der Waals surface area contributed by atoms with Crippen LogP contribution in [-0.2, 0) is 19.1 Å². The maximum absolute atomic E-state index is 12.5. The molecule has 0 bridgehead atoms. The lowest BCUT2D eigenvalue weighted by Crippen LogP contribution is -2.39. The molecule has 1 saturated heterocycles. The highest BCUT2D eigenvalue weighted by molar-refractivity contribution is 5.97. The van der Waals surface area contributed by atoms with Crippen LogP contribution in [0, 0.1) is 5.92 Å². The number of nitrogens with one attached hydrogen (secondary N) is 3. The first kappa shape index (κ1) is 30.2. The summed E-state index contributed by atoms with van der Waals surface area (Å²) in [6.45, 7) is 7.94. The summed E-state index contributed by atoms with van der Waals surface area (Å²) in [4.78, 5) is 39.6. The first-order valence-electron chi connectivity index (χ1n) is 14.0. The summed E-state index contributed by atoms with van der Waals surface area (Å²) in [5, 5.41) is 8.95. The number of unbranched alkanes of at least 4 members (excludes halogenated alkanes) is 1. The zero-order chi connectivity index (χ0) is 28.2. The van der Waals surface area contributed by atoms with Gasteiger partial charge in [0.1, 0.15) is 0 Å². The topological polar surface area (TPSA) is 109 Å². The van der Waals surface area contributed by atoms with Gasteiger partial charge in [-0.1, -0.05) is 36.8 Å². The van der Waals surface area contributed by atoms with Gasteiger partial charge in [-0.25, -0.2) is 14.4 Å². The zero-order valence-corrected chi connectivity index (χ0v) is 23.8. The third-order valence-corrected chi connectivity index (χ3v) is 7.69. The molecule has 0 unspecified atom stereocenters. The van der Waals surface area contributed by atoms with Gasteiger partial charge in [0.15, 0.2) is 0 Å². The summed E-state index contributed by atoms with van der Waals surface area (Å²) < 4.78 is 9.95. The molecule has 0 aromatic heterocycles. The van der Waals surface area contributed by atoms with Gasteiger partial charge in [-0.3, -0.25) is 0 Å². The number of ether oxygens (including phenoxy) is 2. The van der Waals surface area contributed by atoms with Crippen molar-refractivity contribution in [2.24, 2.45) is 5.92 Å². The van der Waals surface area contributed by atoms with E-state index in [0.717, 1.165) is 26.1 Å². The number of methoxy groups -OCH3 is 2. The number of amides is 2. The van der Waals surface area contributed by atoms with Gasteiger partial charge in [0.25, 0.3) is 0 Å². The van der Waals surface area contributed by atoms with E-state index in [1.54, 1.807) is 13.8 Å². The highest BCUT2D eigenvalue weighted by Crippen LogP contribution is 2.34. The van der Waals surface area contributed by atoms with Crippen LogP contribution in [0.2, 0.25) is 0 Å². The van der Waals surface area contributed by atoms with Gasteiger partial charge in [0, 0.05) is 30.4 Å². The zero-order valence-electron chi connectivity index (χ0n) is 23.8. The number of esters is 2. The summed E-state index contributed by atoms with van der Waals surface area (Å²) >= 11 is 0. The lowest BCUT2D eigenvalue weighted by Gasteiger charge is -2.32. The third-order valence-electron chi connectivity index (χ3n) is 7.69. The lowest BCUT2D eigenvalue weighted by molar-refractivity contribution is -0.137. The van der Waals surface area contributed by atoms with Gasteiger partial charge in [-0.15, -0.1) is 0 Å². The van der Waals surface area contributed by atoms with Crippen LogP contribution in [0.3, 0.4) is 0 Å². The molecule has 3 N–H and O–H groups in total. The standard InChI is InChI=1S/C30H44N4O5/c1-21-26(28(35)38-3)25(27(22(2)33-21)29(36)39-4)13-8-9-16-31-30(37)32-17-10-18-34-19-14-24(15-20-34)23-11-6-5-7-12-23/h5-7,11-12,24-25,33H,8-10,13-20H2,1-4H3,(H2,31,32,37). The van der Waals surface area contributed by atoms with Crippen LogP contribution < -0.4 is 16.0 Å². The number of carbonyl (C=O) groups is 3. The van der Waals surface area contributed by atoms with E-state index in [9.17, 15) is 14.4 Å². The second-order valence-electron chi connectivity index (χ2n) is 10.3. The smallest absolute Gasteiger partial charge is 0.336 e. The molecule has 0 saturated carbocycles. The van der Waals surface area contributed by atoms with Gasteiger partial charge >= 0.3 is 18.0 Å². The van der Waals surface area contributed by atoms with Crippen molar-refractivity contribution in [3.63, 3.8) is 0 Å². The molecule has 1 fully saturated rings. The molecule has 214 valence electrons. The van der Waals surface area contributed by atoms with E-state index in [2.05, 4.69) is 51.2 Å². The number of nitrogens with zero attached hydrogens (tertiary/aromatic N) is 1. The number of hydrogen-bond acceptors (Lipinski definition) is 7. The van der Waals surface area contributed by atoms with Gasteiger partial charge in [0.2, 0.25) is 0 Å². The molecule has 0 aliphatic carbocycles. The highest BCUT2D eigenvalue weighted by atomic mass is 16.5. The normalized spacial score (nSPS) is 17.0. The summed E-state index contributed by atoms with van der Waals surface area (Å²) in [6, 6.07) is 10.6. The summed E-state index contributed by atoms with van der Waals surface area (Å²) in [7, 11) is 2.66. The van der Waals surface area contributed by atoms with E-state index in [0.29, 0.717) is 60.8 Å².